The zero-order chi connectivity index (χ0) is 21.0. The number of H-pyrrole nitrogens is 1. The number of benzene rings is 2. The molecule has 0 bridgehead atoms. The number of rotatable bonds is 3. The molecule has 0 unspecified atom stereocenters. The molecule has 4 aromatic rings. The molecule has 2 heterocycles. The highest BCUT2D eigenvalue weighted by Crippen LogP contribution is 2.28. The molecule has 0 saturated heterocycles. The Bertz CT molecular complexity index is 1220. The van der Waals surface area contributed by atoms with E-state index in [2.05, 4.69) is 16.9 Å². The largest absolute Gasteiger partial charge is 0.337 e. The molecule has 29 heavy (non-hydrogen) atoms. The van der Waals surface area contributed by atoms with Crippen molar-refractivity contribution in [3.05, 3.63) is 64.6 Å². The van der Waals surface area contributed by atoms with Gasteiger partial charge in [-0.25, -0.2) is 9.78 Å². The number of hydrogen-bond acceptors (Lipinski definition) is 5. The number of nitrogens with two attached hydrogens (primary N) is 1. The van der Waals surface area contributed by atoms with Crippen LogP contribution in [0.5, 0.6) is 0 Å². The van der Waals surface area contributed by atoms with E-state index in [0.717, 1.165) is 23.9 Å². The van der Waals surface area contributed by atoms with Crippen LogP contribution >= 0.6 is 0 Å². The molecule has 7 nitrogen and oxygen atoms in total. The molecule has 0 aliphatic carbocycles. The van der Waals surface area contributed by atoms with Crippen molar-refractivity contribution in [3.8, 4) is 11.3 Å². The summed E-state index contributed by atoms with van der Waals surface area (Å²) in [5.74, 6) is -0.441. The molecule has 0 amide bonds. The first kappa shape index (κ1) is 20.3. The Hall–Kier alpha value is -3.45. The van der Waals surface area contributed by atoms with E-state index in [1.165, 1.54) is 11.7 Å². The zero-order valence-corrected chi connectivity index (χ0v) is 16.7. The highest BCUT2D eigenvalue weighted by Gasteiger charge is 2.16. The van der Waals surface area contributed by atoms with Gasteiger partial charge in [0.25, 0.3) is 5.56 Å². The molecule has 0 fully saturated rings. The van der Waals surface area contributed by atoms with Gasteiger partial charge in [0.2, 0.25) is 0 Å². The number of carbonyl (C=O) groups excluding carboxylic acids is 1. The highest BCUT2D eigenvalue weighted by molar-refractivity contribution is 5.96. The van der Waals surface area contributed by atoms with Gasteiger partial charge < -0.3 is 15.6 Å². The number of carbonyl (C=O) groups is 1. The number of para-hydroxylation sites is 1. The van der Waals surface area contributed by atoms with Crippen molar-refractivity contribution >= 4 is 27.9 Å². The lowest BCUT2D eigenvalue weighted by Gasteiger charge is -2.03. The third-order valence-electron chi connectivity index (χ3n) is 4.30. The van der Waals surface area contributed by atoms with Gasteiger partial charge in [-0.2, -0.15) is 4.73 Å². The van der Waals surface area contributed by atoms with Crippen LogP contribution in [0.3, 0.4) is 0 Å². The van der Waals surface area contributed by atoms with Gasteiger partial charge in [0.1, 0.15) is 5.69 Å². The Morgan fingerprint density at radius 3 is 2.66 bits per heavy atom. The predicted molar refractivity (Wildman–Crippen MR) is 115 cm³/mol. The van der Waals surface area contributed by atoms with Gasteiger partial charge >= 0.3 is 5.97 Å². The van der Waals surface area contributed by atoms with Gasteiger partial charge in [-0.05, 0) is 43.7 Å². The molecule has 0 saturated carbocycles. The number of nitrogens with one attached hydrogen (secondary N) is 1. The van der Waals surface area contributed by atoms with E-state index in [-0.39, 0.29) is 5.56 Å². The Balaban J connectivity index is 0.000000552. The van der Waals surface area contributed by atoms with Crippen molar-refractivity contribution in [2.24, 2.45) is 5.73 Å². The Labute approximate surface area is 168 Å². The van der Waals surface area contributed by atoms with E-state index in [0.29, 0.717) is 27.8 Å². The molecule has 0 aliphatic rings. The monoisotopic (exact) mass is 392 g/mol. The molecular weight excluding hydrogens is 368 g/mol. The second kappa shape index (κ2) is 8.70. The molecule has 4 rings (SSSR count). The first-order chi connectivity index (χ1) is 13.9. The van der Waals surface area contributed by atoms with E-state index in [1.54, 1.807) is 6.20 Å². The number of aromatic nitrogens is 3. The fraction of sp³-hybridized carbons (Fsp3) is 0.227. The second-order valence-electron chi connectivity index (χ2n) is 6.69. The van der Waals surface area contributed by atoms with Crippen LogP contribution in [0, 0.1) is 6.92 Å². The lowest BCUT2D eigenvalue weighted by Crippen LogP contribution is -2.15. The zero-order valence-electron chi connectivity index (χ0n) is 16.7. The van der Waals surface area contributed by atoms with E-state index in [1.807, 2.05) is 49.4 Å². The molecular formula is C22H24N4O3. The van der Waals surface area contributed by atoms with Crippen LogP contribution in [-0.4, -0.2) is 27.2 Å². The number of aromatic amines is 1. The van der Waals surface area contributed by atoms with Crippen molar-refractivity contribution in [3.63, 3.8) is 0 Å². The summed E-state index contributed by atoms with van der Waals surface area (Å²) in [5, 5.41) is 0.786. The lowest BCUT2D eigenvalue weighted by atomic mass is 10.1. The van der Waals surface area contributed by atoms with Crippen LogP contribution in [0.2, 0.25) is 0 Å². The van der Waals surface area contributed by atoms with Crippen molar-refractivity contribution in [2.45, 2.75) is 27.2 Å². The fourth-order valence-corrected chi connectivity index (χ4v) is 2.93. The maximum Gasteiger partial charge on any atom is 0.329 e. The maximum absolute atomic E-state index is 12.6. The fourth-order valence-electron chi connectivity index (χ4n) is 2.93. The summed E-state index contributed by atoms with van der Waals surface area (Å²) >= 11 is 0. The summed E-state index contributed by atoms with van der Waals surface area (Å²) in [4.78, 5) is 36.5. The average Bonchev–Trinajstić information content (AvgIpc) is 3.06. The summed E-state index contributed by atoms with van der Waals surface area (Å²) in [7, 11) is 0. The average molecular weight is 392 g/mol. The van der Waals surface area contributed by atoms with Gasteiger partial charge in [0.05, 0.1) is 22.7 Å². The topological polar surface area (TPSA) is 103 Å². The molecule has 2 aromatic heterocycles. The molecule has 0 aliphatic heterocycles. The van der Waals surface area contributed by atoms with Crippen LogP contribution in [0.25, 0.3) is 33.2 Å². The summed E-state index contributed by atoms with van der Waals surface area (Å²) < 4.78 is 1.37. The Morgan fingerprint density at radius 2 is 1.97 bits per heavy atom. The molecule has 7 heteroatoms. The quantitative estimate of drug-likeness (QED) is 0.557. The highest BCUT2D eigenvalue weighted by atomic mass is 16.7. The number of hydrogen-bond donors (Lipinski definition) is 2. The minimum atomic E-state index is -0.441. The molecule has 150 valence electrons. The first-order valence-corrected chi connectivity index (χ1v) is 9.44. The third kappa shape index (κ3) is 4.35. The van der Waals surface area contributed by atoms with Gasteiger partial charge in [-0.15, -0.1) is 0 Å². The van der Waals surface area contributed by atoms with Gasteiger partial charge in [-0.1, -0.05) is 31.2 Å². The number of nitrogens with zero attached hydrogens (tertiary/aromatic N) is 2. The number of fused-ring (bicyclic) bond motifs is 2. The van der Waals surface area contributed by atoms with Crippen LogP contribution in [0.4, 0.5) is 0 Å². The second-order valence-corrected chi connectivity index (χ2v) is 6.69. The normalized spacial score (nSPS) is 10.6. The minimum absolute atomic E-state index is 0.290. The maximum atomic E-state index is 12.6. The van der Waals surface area contributed by atoms with E-state index in [9.17, 15) is 9.59 Å². The molecule has 0 atom stereocenters. The first-order valence-electron chi connectivity index (χ1n) is 9.44. The smallest absolute Gasteiger partial charge is 0.329 e. The SMILES string of the molecule is CC(=O)On1cc(-c2nc3cc(C)ccc3[nH]c2=O)c2ccccc21.CCCN. The van der Waals surface area contributed by atoms with Crippen molar-refractivity contribution in [1.29, 1.82) is 0 Å². The van der Waals surface area contributed by atoms with Gasteiger partial charge in [0.15, 0.2) is 0 Å². The lowest BCUT2D eigenvalue weighted by molar-refractivity contribution is -0.140. The van der Waals surface area contributed by atoms with E-state index >= 15 is 0 Å². The van der Waals surface area contributed by atoms with Gasteiger partial charge in [-0.3, -0.25) is 4.79 Å². The molecule has 3 N–H and O–H groups in total. The Morgan fingerprint density at radius 1 is 1.24 bits per heavy atom. The van der Waals surface area contributed by atoms with Crippen molar-refractivity contribution in [1.82, 2.24) is 14.7 Å². The Kier molecular flexibility index (Phi) is 6.09. The van der Waals surface area contributed by atoms with Crippen LogP contribution < -0.4 is 16.1 Å². The standard InChI is InChI=1S/C19H15N3O3.C3H9N/c1-11-7-8-15-16(9-11)20-18(19(24)21-15)14-10-22(25-12(2)23)17-6-4-3-5-13(14)17;1-2-3-4/h3-10H,1-2H3,(H,21,24);2-4H2,1H3. The number of aryl methyl sites for hydroxylation is 1. The summed E-state index contributed by atoms with van der Waals surface area (Å²) in [6.45, 7) is 6.18. The molecule has 0 spiro atoms. The van der Waals surface area contributed by atoms with E-state index in [4.69, 9.17) is 10.6 Å². The van der Waals surface area contributed by atoms with Crippen molar-refractivity contribution in [2.75, 3.05) is 6.54 Å². The van der Waals surface area contributed by atoms with Crippen LogP contribution in [0.1, 0.15) is 25.8 Å². The van der Waals surface area contributed by atoms with Crippen LogP contribution in [-0.2, 0) is 4.79 Å². The molecule has 2 aromatic carbocycles. The summed E-state index contributed by atoms with van der Waals surface area (Å²) in [5.41, 5.74) is 8.78. The minimum Gasteiger partial charge on any atom is -0.337 e. The predicted octanol–water partition coefficient (Wildman–Crippen LogP) is 3.18. The summed E-state index contributed by atoms with van der Waals surface area (Å²) in [6, 6.07) is 13.1. The summed E-state index contributed by atoms with van der Waals surface area (Å²) in [6.07, 6.45) is 2.71. The third-order valence-corrected chi connectivity index (χ3v) is 4.30. The molecule has 0 radical (unpaired) electrons. The van der Waals surface area contributed by atoms with Crippen LogP contribution in [0.15, 0.2) is 53.5 Å². The van der Waals surface area contributed by atoms with Crippen molar-refractivity contribution < 1.29 is 9.63 Å². The van der Waals surface area contributed by atoms with Gasteiger partial charge in [0, 0.05) is 17.9 Å². The van der Waals surface area contributed by atoms with E-state index < -0.39 is 5.97 Å².